The molecular weight excluding hydrogens is 151 g/mol. The minimum atomic E-state index is -1.08. The average Bonchev–Trinajstić information content (AvgIpc) is 1.94. The number of primary amides is 1. The summed E-state index contributed by atoms with van der Waals surface area (Å²) >= 11 is 0. The third-order valence-corrected chi connectivity index (χ3v) is 1.14. The molecule has 0 saturated heterocycles. The van der Waals surface area contributed by atoms with Gasteiger partial charge in [-0.1, -0.05) is 0 Å². The van der Waals surface area contributed by atoms with Crippen molar-refractivity contribution in [3.63, 3.8) is 0 Å². The smallest absolute Gasteiger partial charge is 0.251 e. The van der Waals surface area contributed by atoms with Gasteiger partial charge in [0.15, 0.2) is 5.82 Å². The molecule has 4 nitrogen and oxygen atoms in total. The Kier molecular flexibility index (Phi) is 1.72. The molecule has 1 aromatic rings. The number of aromatic hydroxyl groups is 1. The number of amides is 1. The molecule has 0 bridgehead atoms. The Balaban J connectivity index is 3.27. The van der Waals surface area contributed by atoms with Gasteiger partial charge < -0.3 is 10.8 Å². The largest absolute Gasteiger partial charge is 0.491 e. The van der Waals surface area contributed by atoms with Crippen molar-refractivity contribution in [2.24, 2.45) is 5.73 Å². The second kappa shape index (κ2) is 2.53. The molecular formula is C6H5FN2O2. The van der Waals surface area contributed by atoms with Crippen molar-refractivity contribution in [1.82, 2.24) is 4.98 Å². The Hall–Kier alpha value is -1.65. The fourth-order valence-electron chi connectivity index (χ4n) is 0.623. The molecule has 5 heteroatoms. The Morgan fingerprint density at radius 3 is 2.82 bits per heavy atom. The minimum absolute atomic E-state index is 0.363. The summed E-state index contributed by atoms with van der Waals surface area (Å²) in [7, 11) is 0. The average molecular weight is 156 g/mol. The number of halogens is 1. The Bertz CT molecular complexity index is 301. The van der Waals surface area contributed by atoms with Gasteiger partial charge in [-0.2, -0.15) is 0 Å². The van der Waals surface area contributed by atoms with E-state index in [0.29, 0.717) is 0 Å². The minimum Gasteiger partial charge on any atom is -0.491 e. The first-order valence-electron chi connectivity index (χ1n) is 2.76. The molecule has 11 heavy (non-hydrogen) atoms. The maximum atomic E-state index is 12.6. The Morgan fingerprint density at radius 1 is 1.73 bits per heavy atom. The molecule has 0 fully saturated rings. The molecule has 0 aliphatic rings. The van der Waals surface area contributed by atoms with Crippen LogP contribution in [-0.4, -0.2) is 16.0 Å². The summed E-state index contributed by atoms with van der Waals surface area (Å²) in [6, 6.07) is 1.09. The summed E-state index contributed by atoms with van der Waals surface area (Å²) in [4.78, 5) is 13.6. The molecule has 0 atom stereocenters. The van der Waals surface area contributed by atoms with Crippen LogP contribution in [0.4, 0.5) is 4.39 Å². The van der Waals surface area contributed by atoms with Crippen LogP contribution in [0.1, 0.15) is 10.4 Å². The van der Waals surface area contributed by atoms with Crippen LogP contribution in [-0.2, 0) is 0 Å². The summed E-state index contributed by atoms with van der Waals surface area (Å²) in [5, 5.41) is 8.66. The van der Waals surface area contributed by atoms with Gasteiger partial charge in [0.1, 0.15) is 0 Å². The van der Waals surface area contributed by atoms with Crippen LogP contribution in [0.3, 0.4) is 0 Å². The third-order valence-electron chi connectivity index (χ3n) is 1.14. The van der Waals surface area contributed by atoms with Crippen molar-refractivity contribution in [3.05, 3.63) is 23.6 Å². The first-order chi connectivity index (χ1) is 5.13. The van der Waals surface area contributed by atoms with Gasteiger partial charge in [0, 0.05) is 6.20 Å². The molecule has 1 amide bonds. The highest BCUT2D eigenvalue weighted by atomic mass is 19.1. The van der Waals surface area contributed by atoms with Crippen LogP contribution in [0.2, 0.25) is 0 Å². The predicted molar refractivity (Wildman–Crippen MR) is 34.4 cm³/mol. The summed E-state index contributed by atoms with van der Waals surface area (Å²) in [6.45, 7) is 0. The second-order valence-corrected chi connectivity index (χ2v) is 1.86. The molecule has 1 aromatic heterocycles. The highest BCUT2D eigenvalue weighted by molar-refractivity contribution is 5.93. The zero-order valence-electron chi connectivity index (χ0n) is 5.41. The van der Waals surface area contributed by atoms with E-state index in [2.05, 4.69) is 4.98 Å². The monoisotopic (exact) mass is 156 g/mol. The SMILES string of the molecule is NC(=O)c1ccnc(O)c1F. The van der Waals surface area contributed by atoms with Gasteiger partial charge in [-0.3, -0.25) is 4.79 Å². The number of aromatic nitrogens is 1. The summed E-state index contributed by atoms with van der Waals surface area (Å²) in [6.07, 6.45) is 1.10. The molecule has 1 heterocycles. The predicted octanol–water partition coefficient (Wildman–Crippen LogP) is 0.0252. The van der Waals surface area contributed by atoms with Gasteiger partial charge in [0.25, 0.3) is 5.91 Å². The van der Waals surface area contributed by atoms with E-state index in [-0.39, 0.29) is 5.56 Å². The van der Waals surface area contributed by atoms with Crippen molar-refractivity contribution in [2.75, 3.05) is 0 Å². The van der Waals surface area contributed by atoms with Crippen LogP contribution in [0.25, 0.3) is 0 Å². The Morgan fingerprint density at radius 2 is 2.36 bits per heavy atom. The van der Waals surface area contributed by atoms with Gasteiger partial charge in [0.2, 0.25) is 5.88 Å². The quantitative estimate of drug-likeness (QED) is 0.602. The number of pyridine rings is 1. The second-order valence-electron chi connectivity index (χ2n) is 1.86. The number of hydrogen-bond donors (Lipinski definition) is 2. The first-order valence-corrected chi connectivity index (χ1v) is 2.76. The molecule has 0 aromatic carbocycles. The van der Waals surface area contributed by atoms with Crippen molar-refractivity contribution >= 4 is 5.91 Å². The van der Waals surface area contributed by atoms with Crippen molar-refractivity contribution in [2.45, 2.75) is 0 Å². The first kappa shape index (κ1) is 7.46. The van der Waals surface area contributed by atoms with E-state index < -0.39 is 17.6 Å². The van der Waals surface area contributed by atoms with E-state index in [1.165, 1.54) is 0 Å². The fourth-order valence-corrected chi connectivity index (χ4v) is 0.623. The molecule has 0 radical (unpaired) electrons. The number of nitrogens with two attached hydrogens (primary N) is 1. The fraction of sp³-hybridized carbons (Fsp3) is 0. The van der Waals surface area contributed by atoms with Gasteiger partial charge in [0.05, 0.1) is 5.56 Å². The maximum Gasteiger partial charge on any atom is 0.251 e. The lowest BCUT2D eigenvalue weighted by Crippen LogP contribution is -2.13. The lowest BCUT2D eigenvalue weighted by Gasteiger charge is -1.97. The molecule has 58 valence electrons. The van der Waals surface area contributed by atoms with E-state index in [1.54, 1.807) is 0 Å². The van der Waals surface area contributed by atoms with Crippen LogP contribution >= 0.6 is 0 Å². The normalized spacial score (nSPS) is 9.55. The van der Waals surface area contributed by atoms with E-state index in [1.807, 2.05) is 0 Å². The molecule has 1 rings (SSSR count). The number of carbonyl (C=O) groups is 1. The van der Waals surface area contributed by atoms with E-state index in [9.17, 15) is 9.18 Å². The van der Waals surface area contributed by atoms with Gasteiger partial charge >= 0.3 is 0 Å². The van der Waals surface area contributed by atoms with Crippen molar-refractivity contribution in [1.29, 1.82) is 0 Å². The molecule has 0 aliphatic heterocycles. The van der Waals surface area contributed by atoms with E-state index >= 15 is 0 Å². The summed E-state index contributed by atoms with van der Waals surface area (Å²) < 4.78 is 12.6. The molecule has 3 N–H and O–H groups in total. The number of carbonyl (C=O) groups excluding carboxylic acids is 1. The van der Waals surface area contributed by atoms with Crippen LogP contribution in [0.5, 0.6) is 5.88 Å². The molecule has 0 spiro atoms. The highest BCUT2D eigenvalue weighted by Crippen LogP contribution is 2.14. The van der Waals surface area contributed by atoms with Crippen LogP contribution in [0, 0.1) is 5.82 Å². The molecule has 0 aliphatic carbocycles. The topological polar surface area (TPSA) is 76.2 Å². The van der Waals surface area contributed by atoms with E-state index in [0.717, 1.165) is 12.3 Å². The lowest BCUT2D eigenvalue weighted by atomic mass is 10.2. The number of nitrogens with zero attached hydrogens (tertiary/aromatic N) is 1. The number of hydrogen-bond acceptors (Lipinski definition) is 3. The standard InChI is InChI=1S/C6H5FN2O2/c7-4-3(5(8)10)1-2-9-6(4)11/h1-2H,(H2,8,10)(H,9,11). The van der Waals surface area contributed by atoms with Crippen LogP contribution < -0.4 is 5.73 Å². The van der Waals surface area contributed by atoms with Gasteiger partial charge in [-0.05, 0) is 6.07 Å². The number of rotatable bonds is 1. The van der Waals surface area contributed by atoms with Crippen LogP contribution in [0.15, 0.2) is 12.3 Å². The Labute approximate surface area is 61.5 Å². The lowest BCUT2D eigenvalue weighted by molar-refractivity contribution is 0.0995. The molecule has 0 saturated carbocycles. The molecule has 0 unspecified atom stereocenters. The van der Waals surface area contributed by atoms with Crippen molar-refractivity contribution < 1.29 is 14.3 Å². The summed E-state index contributed by atoms with van der Waals surface area (Å²) in [5.74, 6) is -2.83. The van der Waals surface area contributed by atoms with E-state index in [4.69, 9.17) is 10.8 Å². The van der Waals surface area contributed by atoms with Gasteiger partial charge in [-0.15, -0.1) is 0 Å². The highest BCUT2D eigenvalue weighted by Gasteiger charge is 2.11. The van der Waals surface area contributed by atoms with Crippen molar-refractivity contribution in [3.8, 4) is 5.88 Å². The maximum absolute atomic E-state index is 12.6. The zero-order valence-corrected chi connectivity index (χ0v) is 5.41. The van der Waals surface area contributed by atoms with Gasteiger partial charge in [-0.25, -0.2) is 9.37 Å². The zero-order chi connectivity index (χ0) is 8.43. The third kappa shape index (κ3) is 1.26. The summed E-state index contributed by atoms with van der Waals surface area (Å²) in [5.41, 5.74) is 4.40.